The largest absolute Gasteiger partial charge is 0.497 e. The number of ether oxygens (including phenoxy) is 2. The molecule has 12 heteroatoms. The number of carbonyl (C=O) groups excluding carboxylic acids is 3. The molecule has 5 atom stereocenters. The Morgan fingerprint density at radius 1 is 1.08 bits per heavy atom. The number of carbonyl (C=O) groups is 3. The Kier molecular flexibility index (Phi) is 9.10. The summed E-state index contributed by atoms with van der Waals surface area (Å²) in [6.07, 6.45) is -0.189. The van der Waals surface area contributed by atoms with E-state index in [-0.39, 0.29) is 43.3 Å². The maximum atomic E-state index is 14.9. The topological polar surface area (TPSA) is 132 Å². The van der Waals surface area contributed by atoms with Gasteiger partial charge in [0, 0.05) is 42.3 Å². The zero-order chi connectivity index (χ0) is 35.4. The monoisotopic (exact) mass is 698 g/mol. The number of nitrogens with one attached hydrogen (secondary N) is 1. The van der Waals surface area contributed by atoms with Crippen LogP contribution < -0.4 is 19.9 Å². The molecule has 4 aliphatic rings. The molecule has 2 saturated heterocycles. The van der Waals surface area contributed by atoms with Gasteiger partial charge in [-0.1, -0.05) is 43.3 Å². The molecule has 264 valence electrons. The van der Waals surface area contributed by atoms with Crippen LogP contribution in [0.1, 0.15) is 35.6 Å². The summed E-state index contributed by atoms with van der Waals surface area (Å²) in [6, 6.07) is 20.8. The lowest BCUT2D eigenvalue weighted by Gasteiger charge is -2.37. The van der Waals surface area contributed by atoms with Crippen LogP contribution in [0.2, 0.25) is 18.6 Å². The number of piperazine rings is 1. The Labute approximate surface area is 293 Å². The Bertz CT molecular complexity index is 1800. The Hall–Kier alpha value is -4.07. The average molecular weight is 699 g/mol. The molecule has 0 aromatic heterocycles. The number of methoxy groups -OCH3 is 1. The summed E-state index contributed by atoms with van der Waals surface area (Å²) in [5.41, 5.74) is 3.35. The fraction of sp³-hybridized carbons (Fsp3) is 0.447. The third-order valence-corrected chi connectivity index (χ3v) is 13.6. The van der Waals surface area contributed by atoms with Crippen molar-refractivity contribution in [3.63, 3.8) is 0 Å². The van der Waals surface area contributed by atoms with E-state index in [1.165, 1.54) is 0 Å². The lowest BCUT2D eigenvalue weighted by molar-refractivity contribution is -0.151. The minimum atomic E-state index is -3.02. The second-order valence-electron chi connectivity index (χ2n) is 14.6. The van der Waals surface area contributed by atoms with Crippen LogP contribution in [0.3, 0.4) is 0 Å². The Morgan fingerprint density at radius 3 is 2.50 bits per heavy atom. The first-order valence-corrected chi connectivity index (χ1v) is 20.5. The summed E-state index contributed by atoms with van der Waals surface area (Å²) in [6.45, 7) is 7.76. The van der Waals surface area contributed by atoms with Gasteiger partial charge in [0.25, 0.3) is 5.91 Å². The van der Waals surface area contributed by atoms with E-state index < -0.39 is 31.5 Å². The smallest absolute Gasteiger partial charge is 0.264 e. The van der Waals surface area contributed by atoms with Gasteiger partial charge in [-0.15, -0.1) is 0 Å². The van der Waals surface area contributed by atoms with Gasteiger partial charge >= 0.3 is 0 Å². The molecule has 0 saturated carbocycles. The summed E-state index contributed by atoms with van der Waals surface area (Å²) in [7, 11) is -1.45. The Morgan fingerprint density at radius 2 is 1.82 bits per heavy atom. The lowest BCUT2D eigenvalue weighted by atomic mass is 9.82. The van der Waals surface area contributed by atoms with Crippen molar-refractivity contribution >= 4 is 37.4 Å². The van der Waals surface area contributed by atoms with Gasteiger partial charge in [-0.2, -0.15) is 0 Å². The molecule has 3 amide bonds. The van der Waals surface area contributed by atoms with E-state index >= 15 is 0 Å². The highest BCUT2D eigenvalue weighted by Gasteiger charge is 2.66. The summed E-state index contributed by atoms with van der Waals surface area (Å²) in [5, 5.41) is 13.4. The van der Waals surface area contributed by atoms with E-state index in [1.54, 1.807) is 21.8 Å². The fourth-order valence-electron chi connectivity index (χ4n) is 8.72. The van der Waals surface area contributed by atoms with Crippen LogP contribution in [0.4, 0.5) is 11.4 Å². The van der Waals surface area contributed by atoms with E-state index in [0.717, 1.165) is 28.9 Å². The number of aliphatic hydroxyl groups excluding tert-OH is 1. The number of nitrogens with zero attached hydrogens (tertiary/aromatic N) is 3. The number of aliphatic hydroxyl groups is 1. The first-order chi connectivity index (χ1) is 24.0. The third kappa shape index (κ3) is 5.82. The first kappa shape index (κ1) is 34.4. The molecular weight excluding hydrogens is 653 g/mol. The molecule has 0 unspecified atom stereocenters. The van der Waals surface area contributed by atoms with Crippen molar-refractivity contribution in [2.24, 2.45) is 5.92 Å². The van der Waals surface area contributed by atoms with Gasteiger partial charge in [0.1, 0.15) is 5.75 Å². The molecule has 50 heavy (non-hydrogen) atoms. The van der Waals surface area contributed by atoms with Gasteiger partial charge in [-0.05, 0) is 66.5 Å². The summed E-state index contributed by atoms with van der Waals surface area (Å²) >= 11 is 0. The van der Waals surface area contributed by atoms with Crippen molar-refractivity contribution in [1.29, 1.82) is 0 Å². The zero-order valence-corrected chi connectivity index (χ0v) is 30.1. The third-order valence-electron chi connectivity index (χ3n) is 11.1. The van der Waals surface area contributed by atoms with Gasteiger partial charge < -0.3 is 39.4 Å². The van der Waals surface area contributed by atoms with E-state index in [1.807, 2.05) is 86.7 Å². The molecule has 3 aromatic carbocycles. The number of benzene rings is 3. The predicted octanol–water partition coefficient (Wildman–Crippen LogP) is 3.31. The van der Waals surface area contributed by atoms with Crippen LogP contribution in [0.15, 0.2) is 66.7 Å². The van der Waals surface area contributed by atoms with Gasteiger partial charge in [-0.3, -0.25) is 14.4 Å². The zero-order valence-electron chi connectivity index (χ0n) is 29.1. The number of amides is 3. The highest BCUT2D eigenvalue weighted by molar-refractivity contribution is 6.71. The van der Waals surface area contributed by atoms with Crippen LogP contribution in [-0.2, 0) is 44.2 Å². The summed E-state index contributed by atoms with van der Waals surface area (Å²) in [4.78, 5) is 58.5. The van der Waals surface area contributed by atoms with Gasteiger partial charge in [-0.25, -0.2) is 0 Å². The maximum absolute atomic E-state index is 14.9. The SMILES string of the molecule is COc1ccc2c(c1)[C@]1(O[C@@H](CC(=O)N3Cc4ccccc4C[C@H]3CO)[C@H]([Si](C)(C)O)[C@H]1C)C(=O)N2Cc1ccc(N2CCNCC2=O)cc1. The number of rotatable bonds is 8. The van der Waals surface area contributed by atoms with Crippen LogP contribution in [-0.4, -0.2) is 86.3 Å². The van der Waals surface area contributed by atoms with Crippen LogP contribution in [0.25, 0.3) is 0 Å². The number of hydrogen-bond acceptors (Lipinski definition) is 8. The molecule has 0 radical (unpaired) electrons. The second kappa shape index (κ2) is 13.2. The molecule has 3 N–H and O–H groups in total. The molecule has 7 rings (SSSR count). The van der Waals surface area contributed by atoms with Gasteiger partial charge in [0.15, 0.2) is 13.9 Å². The van der Waals surface area contributed by atoms with Crippen LogP contribution in [0, 0.1) is 5.92 Å². The molecule has 11 nitrogen and oxygen atoms in total. The molecule has 4 heterocycles. The molecule has 1 spiro atoms. The van der Waals surface area contributed by atoms with E-state index in [0.29, 0.717) is 43.1 Å². The molecule has 2 fully saturated rings. The number of fused-ring (bicyclic) bond motifs is 3. The average Bonchev–Trinajstić information content (AvgIpc) is 3.53. The summed E-state index contributed by atoms with van der Waals surface area (Å²) < 4.78 is 12.6. The van der Waals surface area contributed by atoms with Crippen LogP contribution >= 0.6 is 0 Å². The van der Waals surface area contributed by atoms with Crippen molar-refractivity contribution in [2.75, 3.05) is 43.2 Å². The highest BCUT2D eigenvalue weighted by Crippen LogP contribution is 2.60. The quantitative estimate of drug-likeness (QED) is 0.306. The minimum Gasteiger partial charge on any atom is -0.497 e. The normalized spacial score (nSPS) is 26.4. The maximum Gasteiger partial charge on any atom is 0.264 e. The number of hydrogen-bond donors (Lipinski definition) is 3. The van der Waals surface area contributed by atoms with Gasteiger partial charge in [0.2, 0.25) is 11.8 Å². The van der Waals surface area contributed by atoms with Crippen molar-refractivity contribution in [3.8, 4) is 5.75 Å². The van der Waals surface area contributed by atoms with E-state index in [4.69, 9.17) is 9.47 Å². The molecule has 0 bridgehead atoms. The van der Waals surface area contributed by atoms with Crippen LogP contribution in [0.5, 0.6) is 5.75 Å². The molecule has 4 aliphatic heterocycles. The van der Waals surface area contributed by atoms with Crippen molar-refractivity contribution in [3.05, 3.63) is 89.0 Å². The van der Waals surface area contributed by atoms with E-state index in [9.17, 15) is 24.3 Å². The minimum absolute atomic E-state index is 0.0193. The van der Waals surface area contributed by atoms with Crippen molar-refractivity contribution in [2.45, 2.75) is 69.2 Å². The lowest BCUT2D eigenvalue weighted by Crippen LogP contribution is -2.48. The molecule has 0 aliphatic carbocycles. The molecule has 3 aromatic rings. The van der Waals surface area contributed by atoms with Crippen molar-refractivity contribution in [1.82, 2.24) is 10.2 Å². The molecular formula is C38H46N4O7Si. The standard InChI is InChI=1S/C38H46N4O7Si/c1-24-36(50(3,4)47)33(19-34(44)41-22-27-8-6-5-7-26(27)17-29(41)23-43)49-38(24)31-18-30(48-2)13-14-32(31)42(37(38)46)21-25-9-11-28(12-10-25)40-16-15-39-20-35(40)45/h5-14,18,24,29,33,36,39,43,47H,15-17,19-23H2,1-4H3/t24-,29+,33+,36-,38+/m1/s1. The number of anilines is 2. The Balaban J connectivity index is 1.20. The first-order valence-electron chi connectivity index (χ1n) is 17.4. The predicted molar refractivity (Wildman–Crippen MR) is 191 cm³/mol. The van der Waals surface area contributed by atoms with Crippen molar-refractivity contribution < 1.29 is 33.8 Å². The second-order valence-corrected chi connectivity index (χ2v) is 18.5. The highest BCUT2D eigenvalue weighted by atomic mass is 28.4. The fourth-order valence-corrected chi connectivity index (χ4v) is 11.3. The van der Waals surface area contributed by atoms with Gasteiger partial charge in [0.05, 0.1) is 51.1 Å². The summed E-state index contributed by atoms with van der Waals surface area (Å²) in [5.74, 6) is -0.272. The van der Waals surface area contributed by atoms with E-state index in [2.05, 4.69) is 5.32 Å².